The highest BCUT2D eigenvalue weighted by molar-refractivity contribution is 5.86. The summed E-state index contributed by atoms with van der Waals surface area (Å²) in [6.45, 7) is 12.4. The number of hydrogen-bond donors (Lipinski definition) is 1. The van der Waals surface area contributed by atoms with E-state index in [9.17, 15) is 4.79 Å². The molecule has 0 aromatic carbocycles. The summed E-state index contributed by atoms with van der Waals surface area (Å²) in [6.07, 6.45) is 1.04. The molecule has 0 aromatic heterocycles. The van der Waals surface area contributed by atoms with E-state index < -0.39 is 0 Å². The molecule has 84 valence electrons. The van der Waals surface area contributed by atoms with Crippen LogP contribution in [0.15, 0.2) is 0 Å². The van der Waals surface area contributed by atoms with Crippen LogP contribution in [0.4, 0.5) is 0 Å². The summed E-state index contributed by atoms with van der Waals surface area (Å²) in [6, 6.07) is 0.400. The Hall–Kier alpha value is -0.370. The standard InChI is InChI=1S/C12H25NO/c1-7-10(6)11(13-9(4)5)12(14)8(2)3/h8-11,13H,7H2,1-6H3. The first kappa shape index (κ1) is 13.6. The minimum absolute atomic E-state index is 0.0278. The van der Waals surface area contributed by atoms with Gasteiger partial charge in [-0.2, -0.15) is 0 Å². The van der Waals surface area contributed by atoms with E-state index >= 15 is 0 Å². The summed E-state index contributed by atoms with van der Waals surface area (Å²) < 4.78 is 0. The molecule has 0 spiro atoms. The maximum absolute atomic E-state index is 11.9. The van der Waals surface area contributed by atoms with Gasteiger partial charge in [-0.1, -0.05) is 48.0 Å². The van der Waals surface area contributed by atoms with Crippen molar-refractivity contribution in [3.8, 4) is 0 Å². The first-order valence-electron chi connectivity index (χ1n) is 5.69. The highest BCUT2D eigenvalue weighted by Gasteiger charge is 2.25. The molecule has 2 heteroatoms. The Labute approximate surface area is 88.5 Å². The average molecular weight is 199 g/mol. The zero-order valence-electron chi connectivity index (χ0n) is 10.4. The predicted octanol–water partition coefficient (Wildman–Crippen LogP) is 2.62. The first-order chi connectivity index (χ1) is 6.40. The highest BCUT2D eigenvalue weighted by Crippen LogP contribution is 2.13. The molecular weight excluding hydrogens is 174 g/mol. The van der Waals surface area contributed by atoms with Crippen molar-refractivity contribution in [3.05, 3.63) is 0 Å². The van der Waals surface area contributed by atoms with Gasteiger partial charge in [-0.3, -0.25) is 4.79 Å². The quantitative estimate of drug-likeness (QED) is 0.712. The number of carbonyl (C=O) groups is 1. The third-order valence-electron chi connectivity index (χ3n) is 2.60. The molecule has 0 fully saturated rings. The molecule has 0 bridgehead atoms. The second-order valence-corrected chi connectivity index (χ2v) is 4.74. The monoisotopic (exact) mass is 199 g/mol. The van der Waals surface area contributed by atoms with Gasteiger partial charge >= 0.3 is 0 Å². The normalized spacial score (nSPS) is 16.0. The molecule has 2 nitrogen and oxygen atoms in total. The fourth-order valence-corrected chi connectivity index (χ4v) is 1.48. The van der Waals surface area contributed by atoms with E-state index in [2.05, 4.69) is 33.0 Å². The average Bonchev–Trinajstić information content (AvgIpc) is 2.11. The molecular formula is C12H25NO. The third kappa shape index (κ3) is 4.23. The summed E-state index contributed by atoms with van der Waals surface area (Å²) >= 11 is 0. The Bertz CT molecular complexity index is 175. The SMILES string of the molecule is CCC(C)C(NC(C)C)C(=O)C(C)C. The number of carbonyl (C=O) groups excluding carboxylic acids is 1. The molecule has 2 unspecified atom stereocenters. The zero-order chi connectivity index (χ0) is 11.3. The van der Waals surface area contributed by atoms with Crippen molar-refractivity contribution in [1.29, 1.82) is 0 Å². The van der Waals surface area contributed by atoms with Gasteiger partial charge in [0.2, 0.25) is 0 Å². The molecule has 2 atom stereocenters. The van der Waals surface area contributed by atoms with Crippen molar-refractivity contribution in [1.82, 2.24) is 5.32 Å². The lowest BCUT2D eigenvalue weighted by Crippen LogP contribution is -2.46. The lowest BCUT2D eigenvalue weighted by molar-refractivity contribution is -0.125. The fraction of sp³-hybridized carbons (Fsp3) is 0.917. The molecule has 14 heavy (non-hydrogen) atoms. The van der Waals surface area contributed by atoms with Crippen LogP contribution in [0.5, 0.6) is 0 Å². The molecule has 0 heterocycles. The van der Waals surface area contributed by atoms with Crippen LogP contribution in [-0.4, -0.2) is 17.9 Å². The lowest BCUT2D eigenvalue weighted by atomic mass is 9.90. The number of hydrogen-bond acceptors (Lipinski definition) is 2. The number of rotatable bonds is 6. The second-order valence-electron chi connectivity index (χ2n) is 4.74. The van der Waals surface area contributed by atoms with Gasteiger partial charge in [-0.05, 0) is 5.92 Å². The van der Waals surface area contributed by atoms with E-state index in [0.717, 1.165) is 6.42 Å². The molecule has 0 aromatic rings. The molecule has 0 amide bonds. The molecule has 0 saturated heterocycles. The van der Waals surface area contributed by atoms with Crippen LogP contribution in [0.25, 0.3) is 0 Å². The van der Waals surface area contributed by atoms with Crippen molar-refractivity contribution in [2.75, 3.05) is 0 Å². The van der Waals surface area contributed by atoms with Gasteiger partial charge in [0.1, 0.15) is 0 Å². The largest absolute Gasteiger partial charge is 0.305 e. The number of nitrogens with one attached hydrogen (secondary N) is 1. The molecule has 0 aliphatic carbocycles. The highest BCUT2D eigenvalue weighted by atomic mass is 16.1. The maximum atomic E-state index is 11.9. The van der Waals surface area contributed by atoms with Crippen molar-refractivity contribution in [2.24, 2.45) is 11.8 Å². The van der Waals surface area contributed by atoms with Gasteiger partial charge in [-0.25, -0.2) is 0 Å². The van der Waals surface area contributed by atoms with Crippen LogP contribution < -0.4 is 5.32 Å². The van der Waals surface area contributed by atoms with Crippen LogP contribution in [0.2, 0.25) is 0 Å². The maximum Gasteiger partial charge on any atom is 0.152 e. The van der Waals surface area contributed by atoms with E-state index in [0.29, 0.717) is 17.7 Å². The summed E-state index contributed by atoms with van der Waals surface area (Å²) in [5, 5.41) is 3.36. The summed E-state index contributed by atoms with van der Waals surface area (Å²) in [5.74, 6) is 0.889. The van der Waals surface area contributed by atoms with Gasteiger partial charge in [0, 0.05) is 12.0 Å². The smallest absolute Gasteiger partial charge is 0.152 e. The Morgan fingerprint density at radius 3 is 1.93 bits per heavy atom. The minimum atomic E-state index is 0.0278. The predicted molar refractivity (Wildman–Crippen MR) is 61.4 cm³/mol. The Kier molecular flexibility index (Phi) is 6.01. The van der Waals surface area contributed by atoms with Gasteiger partial charge < -0.3 is 5.32 Å². The van der Waals surface area contributed by atoms with Crippen molar-refractivity contribution < 1.29 is 4.79 Å². The van der Waals surface area contributed by atoms with Gasteiger partial charge in [0.05, 0.1) is 6.04 Å². The summed E-state index contributed by atoms with van der Waals surface area (Å²) in [4.78, 5) is 11.9. The van der Waals surface area contributed by atoms with E-state index in [1.807, 2.05) is 13.8 Å². The van der Waals surface area contributed by atoms with Gasteiger partial charge in [0.15, 0.2) is 5.78 Å². The minimum Gasteiger partial charge on any atom is -0.305 e. The topological polar surface area (TPSA) is 29.1 Å². The Morgan fingerprint density at radius 2 is 1.64 bits per heavy atom. The lowest BCUT2D eigenvalue weighted by Gasteiger charge is -2.26. The van der Waals surface area contributed by atoms with Crippen molar-refractivity contribution in [3.63, 3.8) is 0 Å². The van der Waals surface area contributed by atoms with E-state index in [4.69, 9.17) is 0 Å². The van der Waals surface area contributed by atoms with Crippen LogP contribution in [0.3, 0.4) is 0 Å². The fourth-order valence-electron chi connectivity index (χ4n) is 1.48. The molecule has 0 saturated carbocycles. The zero-order valence-corrected chi connectivity index (χ0v) is 10.4. The van der Waals surface area contributed by atoms with E-state index in [1.165, 1.54) is 0 Å². The molecule has 0 rings (SSSR count). The van der Waals surface area contributed by atoms with Crippen molar-refractivity contribution in [2.45, 2.75) is 60.0 Å². The number of ketones is 1. The molecule has 0 aliphatic heterocycles. The van der Waals surface area contributed by atoms with Crippen LogP contribution in [0, 0.1) is 11.8 Å². The third-order valence-corrected chi connectivity index (χ3v) is 2.60. The molecule has 0 radical (unpaired) electrons. The molecule has 1 N–H and O–H groups in total. The Balaban J connectivity index is 4.46. The van der Waals surface area contributed by atoms with Crippen LogP contribution in [0.1, 0.15) is 48.0 Å². The van der Waals surface area contributed by atoms with Gasteiger partial charge in [0.25, 0.3) is 0 Å². The van der Waals surface area contributed by atoms with Crippen LogP contribution >= 0.6 is 0 Å². The first-order valence-corrected chi connectivity index (χ1v) is 5.69. The Morgan fingerprint density at radius 1 is 1.14 bits per heavy atom. The van der Waals surface area contributed by atoms with Crippen molar-refractivity contribution >= 4 is 5.78 Å². The van der Waals surface area contributed by atoms with E-state index in [1.54, 1.807) is 0 Å². The summed E-state index contributed by atoms with van der Waals surface area (Å²) in [5.41, 5.74) is 0. The van der Waals surface area contributed by atoms with Gasteiger partial charge in [-0.15, -0.1) is 0 Å². The summed E-state index contributed by atoms with van der Waals surface area (Å²) in [7, 11) is 0. The van der Waals surface area contributed by atoms with Crippen LogP contribution in [-0.2, 0) is 4.79 Å². The number of Topliss-reactive ketones (excluding diaryl/α,β-unsaturated/α-hetero) is 1. The molecule has 0 aliphatic rings. The second kappa shape index (κ2) is 6.18. The van der Waals surface area contributed by atoms with E-state index in [-0.39, 0.29) is 12.0 Å².